The smallest absolute Gasteiger partial charge is 0.243 e. The number of nitrogens with one attached hydrogen (secondary N) is 1. The van der Waals surface area contributed by atoms with Crippen LogP contribution in [0.3, 0.4) is 0 Å². The highest BCUT2D eigenvalue weighted by atomic mass is 32.2. The first kappa shape index (κ1) is 22.9. The van der Waals surface area contributed by atoms with Gasteiger partial charge in [-0.3, -0.25) is 9.69 Å². The summed E-state index contributed by atoms with van der Waals surface area (Å²) >= 11 is 3.28. The molecule has 0 unspecified atom stereocenters. The molecule has 1 N–H and O–H groups in total. The molecule has 170 valence electrons. The van der Waals surface area contributed by atoms with Gasteiger partial charge in [0.1, 0.15) is 10.8 Å². The highest BCUT2D eigenvalue weighted by Gasteiger charge is 2.29. The third-order valence-corrected chi connectivity index (χ3v) is 8.67. The van der Waals surface area contributed by atoms with Gasteiger partial charge in [-0.1, -0.05) is 0 Å². The van der Waals surface area contributed by atoms with Crippen molar-refractivity contribution in [3.8, 4) is 16.3 Å². The maximum atomic E-state index is 13.2. The van der Waals surface area contributed by atoms with Crippen LogP contribution in [0.4, 0.5) is 5.69 Å². The maximum Gasteiger partial charge on any atom is 0.243 e. The number of thiazole rings is 1. The van der Waals surface area contributed by atoms with E-state index >= 15 is 0 Å². The van der Waals surface area contributed by atoms with Crippen LogP contribution in [0.25, 0.3) is 10.6 Å². The maximum absolute atomic E-state index is 13.2. The average Bonchev–Trinajstić information content (AvgIpc) is 3.46. The van der Waals surface area contributed by atoms with Crippen LogP contribution in [0.5, 0.6) is 5.75 Å². The average molecular weight is 493 g/mol. The Labute approximate surface area is 195 Å². The minimum atomic E-state index is -3.68. The van der Waals surface area contributed by atoms with Crippen LogP contribution in [0.15, 0.2) is 45.3 Å². The van der Waals surface area contributed by atoms with Gasteiger partial charge >= 0.3 is 0 Å². The van der Waals surface area contributed by atoms with E-state index in [1.165, 1.54) is 30.5 Å². The molecular weight excluding hydrogens is 468 g/mol. The lowest BCUT2D eigenvalue weighted by atomic mass is 10.3. The Morgan fingerprint density at radius 3 is 2.62 bits per heavy atom. The highest BCUT2D eigenvalue weighted by molar-refractivity contribution is 7.89. The van der Waals surface area contributed by atoms with Crippen LogP contribution in [0.1, 0.15) is 12.6 Å². The second-order valence-corrected chi connectivity index (χ2v) is 11.0. The molecule has 2 aromatic heterocycles. The number of anilines is 1. The molecule has 0 bridgehead atoms. The van der Waals surface area contributed by atoms with E-state index in [1.807, 2.05) is 5.38 Å². The highest BCUT2D eigenvalue weighted by Crippen LogP contribution is 2.30. The standard InChI is InChI=1S/C21H24N4O4S3/c1-15(26)22-19-11-18(3-4-20(19)29-2)32(27,28)25-8-6-24(7-9-25)12-17-14-31-21(23-17)16-5-10-30-13-16/h3-5,10-11,13-14H,6-9,12H2,1-2H3,(H,22,26). The van der Waals surface area contributed by atoms with Crippen molar-refractivity contribution in [2.24, 2.45) is 0 Å². The number of piperazine rings is 1. The monoisotopic (exact) mass is 492 g/mol. The second-order valence-electron chi connectivity index (χ2n) is 7.38. The van der Waals surface area contributed by atoms with Crippen molar-refractivity contribution in [2.45, 2.75) is 18.4 Å². The van der Waals surface area contributed by atoms with Crippen molar-refractivity contribution in [1.29, 1.82) is 0 Å². The Balaban J connectivity index is 1.40. The molecule has 4 rings (SSSR count). The molecule has 0 radical (unpaired) electrons. The van der Waals surface area contributed by atoms with E-state index in [0.717, 1.165) is 16.3 Å². The van der Waals surface area contributed by atoms with Crippen molar-refractivity contribution in [2.75, 3.05) is 38.6 Å². The topological polar surface area (TPSA) is 91.8 Å². The summed E-state index contributed by atoms with van der Waals surface area (Å²) in [5.74, 6) is 0.115. The van der Waals surface area contributed by atoms with E-state index in [2.05, 4.69) is 27.0 Å². The van der Waals surface area contributed by atoms with Crippen molar-refractivity contribution in [1.82, 2.24) is 14.2 Å². The number of ether oxygens (including phenoxy) is 1. The van der Waals surface area contributed by atoms with Gasteiger partial charge in [-0.2, -0.15) is 15.6 Å². The fourth-order valence-electron chi connectivity index (χ4n) is 3.54. The Bertz CT molecular complexity index is 1180. The largest absolute Gasteiger partial charge is 0.495 e. The number of amides is 1. The first-order valence-electron chi connectivity index (χ1n) is 10.0. The van der Waals surface area contributed by atoms with Gasteiger partial charge in [-0.15, -0.1) is 11.3 Å². The molecule has 1 amide bonds. The van der Waals surface area contributed by atoms with E-state index in [4.69, 9.17) is 9.72 Å². The van der Waals surface area contributed by atoms with Gasteiger partial charge in [0.25, 0.3) is 0 Å². The summed E-state index contributed by atoms with van der Waals surface area (Å²) in [7, 11) is -2.21. The van der Waals surface area contributed by atoms with E-state index in [9.17, 15) is 13.2 Å². The van der Waals surface area contributed by atoms with Gasteiger partial charge in [0.15, 0.2) is 0 Å². The molecule has 3 heterocycles. The molecule has 3 aromatic rings. The van der Waals surface area contributed by atoms with Crippen LogP contribution < -0.4 is 10.1 Å². The second kappa shape index (κ2) is 9.67. The molecule has 0 atom stereocenters. The Morgan fingerprint density at radius 1 is 1.19 bits per heavy atom. The van der Waals surface area contributed by atoms with Crippen molar-refractivity contribution >= 4 is 44.3 Å². The van der Waals surface area contributed by atoms with E-state index in [0.29, 0.717) is 44.2 Å². The molecule has 32 heavy (non-hydrogen) atoms. The van der Waals surface area contributed by atoms with Gasteiger partial charge < -0.3 is 10.1 Å². The van der Waals surface area contributed by atoms with Crippen LogP contribution in [-0.4, -0.2) is 61.8 Å². The van der Waals surface area contributed by atoms with Gasteiger partial charge in [-0.05, 0) is 29.6 Å². The van der Waals surface area contributed by atoms with E-state index in [-0.39, 0.29) is 10.8 Å². The Hall–Kier alpha value is -2.31. The summed E-state index contributed by atoms with van der Waals surface area (Å²) in [5, 5.41) is 9.83. The SMILES string of the molecule is COc1ccc(S(=O)(=O)N2CCN(Cc3csc(-c4ccsc4)n3)CC2)cc1NC(C)=O. The summed E-state index contributed by atoms with van der Waals surface area (Å²) in [5.41, 5.74) is 2.48. The summed E-state index contributed by atoms with van der Waals surface area (Å²) in [6, 6.07) is 6.57. The van der Waals surface area contributed by atoms with E-state index < -0.39 is 10.0 Å². The predicted octanol–water partition coefficient (Wildman–Crippen LogP) is 3.35. The van der Waals surface area contributed by atoms with Crippen LogP contribution >= 0.6 is 22.7 Å². The minimum absolute atomic E-state index is 0.135. The molecule has 1 aliphatic heterocycles. The summed E-state index contributed by atoms with van der Waals surface area (Å²) in [6.45, 7) is 4.10. The molecule has 0 spiro atoms. The number of rotatable bonds is 7. The van der Waals surface area contributed by atoms with Crippen LogP contribution in [0.2, 0.25) is 0 Å². The first-order chi connectivity index (χ1) is 15.4. The molecule has 0 aliphatic carbocycles. The number of carbonyl (C=O) groups is 1. The number of aromatic nitrogens is 1. The number of thiophene rings is 1. The third kappa shape index (κ3) is 5.02. The lowest BCUT2D eigenvalue weighted by Gasteiger charge is -2.33. The molecular formula is C21H24N4O4S3. The van der Waals surface area contributed by atoms with Gasteiger partial charge in [0.2, 0.25) is 15.9 Å². The number of nitrogens with zero attached hydrogens (tertiary/aromatic N) is 3. The normalized spacial score (nSPS) is 15.6. The van der Waals surface area contributed by atoms with Crippen LogP contribution in [-0.2, 0) is 21.4 Å². The molecule has 0 saturated carbocycles. The number of benzene rings is 1. The lowest BCUT2D eigenvalue weighted by Crippen LogP contribution is -2.48. The summed E-state index contributed by atoms with van der Waals surface area (Å²) in [4.78, 5) is 18.5. The molecule has 11 heteroatoms. The number of carbonyl (C=O) groups excluding carboxylic acids is 1. The molecule has 1 aliphatic rings. The quantitative estimate of drug-likeness (QED) is 0.544. The van der Waals surface area contributed by atoms with E-state index in [1.54, 1.807) is 28.7 Å². The van der Waals surface area contributed by atoms with Gasteiger partial charge in [-0.25, -0.2) is 13.4 Å². The number of sulfonamides is 1. The zero-order chi connectivity index (χ0) is 22.7. The fraction of sp³-hybridized carbons (Fsp3) is 0.333. The van der Waals surface area contributed by atoms with Crippen molar-refractivity contribution in [3.05, 3.63) is 46.1 Å². The van der Waals surface area contributed by atoms with Crippen molar-refractivity contribution in [3.63, 3.8) is 0 Å². The minimum Gasteiger partial charge on any atom is -0.495 e. The first-order valence-corrected chi connectivity index (χ1v) is 13.3. The molecule has 8 nitrogen and oxygen atoms in total. The molecule has 1 fully saturated rings. The summed E-state index contributed by atoms with van der Waals surface area (Å²) in [6.07, 6.45) is 0. The number of methoxy groups -OCH3 is 1. The van der Waals surface area contributed by atoms with Gasteiger partial charge in [0.05, 0.1) is 23.4 Å². The third-order valence-electron chi connectivity index (χ3n) is 5.16. The van der Waals surface area contributed by atoms with Crippen LogP contribution in [0, 0.1) is 0 Å². The predicted molar refractivity (Wildman–Crippen MR) is 127 cm³/mol. The molecule has 1 aromatic carbocycles. The summed E-state index contributed by atoms with van der Waals surface area (Å²) < 4.78 is 33.0. The zero-order valence-corrected chi connectivity index (χ0v) is 20.2. The zero-order valence-electron chi connectivity index (χ0n) is 17.8. The van der Waals surface area contributed by atoms with Crippen molar-refractivity contribution < 1.29 is 17.9 Å². The Kier molecular flexibility index (Phi) is 6.91. The van der Waals surface area contributed by atoms with Gasteiger partial charge in [0, 0.05) is 56.0 Å². The fourth-order valence-corrected chi connectivity index (χ4v) is 6.51. The lowest BCUT2D eigenvalue weighted by molar-refractivity contribution is -0.114. The number of hydrogen-bond donors (Lipinski definition) is 1. The number of hydrogen-bond acceptors (Lipinski definition) is 8. The Morgan fingerprint density at radius 2 is 1.97 bits per heavy atom. The molecule has 1 saturated heterocycles.